The summed E-state index contributed by atoms with van der Waals surface area (Å²) in [7, 11) is 3.02. The summed E-state index contributed by atoms with van der Waals surface area (Å²) in [5.74, 6) is -0.179. The second kappa shape index (κ2) is 9.42. The molecule has 2 saturated heterocycles. The average molecular weight is 456 g/mol. The average Bonchev–Trinajstić information content (AvgIpc) is 3.29. The molecule has 7 nitrogen and oxygen atoms in total. The van der Waals surface area contributed by atoms with Crippen LogP contribution in [0.3, 0.4) is 0 Å². The third kappa shape index (κ3) is 4.29. The normalized spacial score (nSPS) is 22.3. The molecule has 4 rings (SSSR count). The number of benzene rings is 1. The number of likely N-dealkylation sites (N-methyl/N-ethyl adjacent to an activating group) is 1. The van der Waals surface area contributed by atoms with Crippen molar-refractivity contribution >= 4 is 29.1 Å². The van der Waals surface area contributed by atoms with E-state index in [1.165, 1.54) is 19.0 Å². The molecule has 0 N–H and O–H groups in total. The van der Waals surface area contributed by atoms with Crippen molar-refractivity contribution in [3.8, 4) is 5.75 Å². The number of carbonyl (C=O) groups excluding carboxylic acids is 3. The summed E-state index contributed by atoms with van der Waals surface area (Å²) in [5.41, 5.74) is -0.619. The van der Waals surface area contributed by atoms with Crippen LogP contribution in [0.25, 0.3) is 0 Å². The zero-order chi connectivity index (χ0) is 22.7. The van der Waals surface area contributed by atoms with E-state index >= 15 is 0 Å². The number of thiophene rings is 1. The first kappa shape index (κ1) is 22.5. The first-order valence-corrected chi connectivity index (χ1v) is 11.8. The molecule has 0 saturated carbocycles. The standard InChI is InChI=1S/C24H29N3O4S/c1-25-21(28)15-24(23(25)30,19-8-3-4-9-20(19)31-2)16-22(29)27-11-6-10-26(12-13-27)17-18-7-5-14-32-18/h3-5,7-9,14H,6,10-13,15-17H2,1-2H3/t24-/m0/s1. The van der Waals surface area contributed by atoms with Crippen molar-refractivity contribution in [2.75, 3.05) is 40.3 Å². The minimum Gasteiger partial charge on any atom is -0.496 e. The lowest BCUT2D eigenvalue weighted by atomic mass is 9.75. The summed E-state index contributed by atoms with van der Waals surface area (Å²) in [4.78, 5) is 45.9. The molecule has 0 unspecified atom stereocenters. The Balaban J connectivity index is 1.53. The third-order valence-electron chi connectivity index (χ3n) is 6.52. The molecule has 2 aliphatic rings. The molecular formula is C24H29N3O4S. The van der Waals surface area contributed by atoms with Gasteiger partial charge in [-0.3, -0.25) is 24.2 Å². The van der Waals surface area contributed by atoms with Crippen LogP contribution in [0.5, 0.6) is 5.75 Å². The van der Waals surface area contributed by atoms with Gasteiger partial charge < -0.3 is 9.64 Å². The molecule has 0 radical (unpaired) electrons. The topological polar surface area (TPSA) is 70.2 Å². The highest BCUT2D eigenvalue weighted by Gasteiger charge is 2.54. The largest absolute Gasteiger partial charge is 0.496 e. The molecule has 2 fully saturated rings. The highest BCUT2D eigenvalue weighted by molar-refractivity contribution is 7.09. The van der Waals surface area contributed by atoms with E-state index in [2.05, 4.69) is 22.4 Å². The van der Waals surface area contributed by atoms with E-state index in [1.54, 1.807) is 23.5 Å². The Morgan fingerprint density at radius 3 is 2.59 bits per heavy atom. The number of nitrogens with zero attached hydrogens (tertiary/aromatic N) is 3. The van der Waals surface area contributed by atoms with E-state index in [4.69, 9.17) is 4.74 Å². The highest BCUT2D eigenvalue weighted by atomic mass is 32.1. The Hall–Kier alpha value is -2.71. The molecule has 2 aromatic rings. The number of hydrogen-bond donors (Lipinski definition) is 0. The lowest BCUT2D eigenvalue weighted by Crippen LogP contribution is -2.43. The summed E-state index contributed by atoms with van der Waals surface area (Å²) < 4.78 is 5.50. The minimum atomic E-state index is -1.22. The summed E-state index contributed by atoms with van der Waals surface area (Å²) in [6, 6.07) is 11.4. The van der Waals surface area contributed by atoms with Crippen LogP contribution in [-0.2, 0) is 26.3 Å². The minimum absolute atomic E-state index is 0.0210. The van der Waals surface area contributed by atoms with Crippen molar-refractivity contribution in [3.05, 3.63) is 52.2 Å². The second-order valence-electron chi connectivity index (χ2n) is 8.48. The van der Waals surface area contributed by atoms with Gasteiger partial charge in [-0.15, -0.1) is 11.3 Å². The molecule has 32 heavy (non-hydrogen) atoms. The molecule has 1 atom stereocenters. The molecule has 3 amide bonds. The molecule has 1 aromatic heterocycles. The SMILES string of the molecule is COc1ccccc1[C@@]1(CC(=O)N2CCCN(Cc3cccs3)CC2)CC(=O)N(C)C1=O. The van der Waals surface area contributed by atoms with Gasteiger partial charge in [-0.1, -0.05) is 24.3 Å². The maximum Gasteiger partial charge on any atom is 0.240 e. The molecule has 2 aliphatic heterocycles. The Kier molecular flexibility index (Phi) is 6.62. The Bertz CT molecular complexity index is 993. The van der Waals surface area contributed by atoms with Crippen LogP contribution in [0, 0.1) is 0 Å². The zero-order valence-electron chi connectivity index (χ0n) is 18.6. The number of methoxy groups -OCH3 is 1. The Labute approximate surface area is 192 Å². The fraction of sp³-hybridized carbons (Fsp3) is 0.458. The summed E-state index contributed by atoms with van der Waals surface area (Å²) in [5, 5.41) is 2.08. The number of amides is 3. The zero-order valence-corrected chi connectivity index (χ0v) is 19.4. The van der Waals surface area contributed by atoms with Crippen LogP contribution in [0.15, 0.2) is 41.8 Å². The van der Waals surface area contributed by atoms with Crippen molar-refractivity contribution in [3.63, 3.8) is 0 Å². The van der Waals surface area contributed by atoms with Crippen LogP contribution >= 0.6 is 11.3 Å². The molecule has 170 valence electrons. The van der Waals surface area contributed by atoms with Gasteiger partial charge in [-0.2, -0.15) is 0 Å². The van der Waals surface area contributed by atoms with Gasteiger partial charge in [0, 0.05) is 63.1 Å². The third-order valence-corrected chi connectivity index (χ3v) is 7.38. The predicted molar refractivity (Wildman–Crippen MR) is 122 cm³/mol. The molecule has 1 aromatic carbocycles. The van der Waals surface area contributed by atoms with Gasteiger partial charge >= 0.3 is 0 Å². The summed E-state index contributed by atoms with van der Waals surface area (Å²) in [6.45, 7) is 3.88. The van der Waals surface area contributed by atoms with E-state index < -0.39 is 5.41 Å². The Morgan fingerprint density at radius 2 is 1.91 bits per heavy atom. The lowest BCUT2D eigenvalue weighted by molar-refractivity contribution is -0.141. The maximum atomic E-state index is 13.5. The molecular weight excluding hydrogens is 426 g/mol. The van der Waals surface area contributed by atoms with Gasteiger partial charge in [0.25, 0.3) is 0 Å². The van der Waals surface area contributed by atoms with Crippen LogP contribution in [0.1, 0.15) is 29.7 Å². The molecule has 3 heterocycles. The second-order valence-corrected chi connectivity index (χ2v) is 9.52. The van der Waals surface area contributed by atoms with Crippen molar-refractivity contribution < 1.29 is 19.1 Å². The van der Waals surface area contributed by atoms with E-state index in [9.17, 15) is 14.4 Å². The fourth-order valence-corrected chi connectivity index (χ4v) is 5.49. The van der Waals surface area contributed by atoms with E-state index in [1.807, 2.05) is 17.0 Å². The summed E-state index contributed by atoms with van der Waals surface area (Å²) in [6.07, 6.45) is 0.825. The monoisotopic (exact) mass is 455 g/mol. The lowest BCUT2D eigenvalue weighted by Gasteiger charge is -2.30. The quantitative estimate of drug-likeness (QED) is 0.626. The van der Waals surface area contributed by atoms with Crippen molar-refractivity contribution in [2.45, 2.75) is 31.2 Å². The molecule has 8 heteroatoms. The van der Waals surface area contributed by atoms with Crippen molar-refractivity contribution in [1.29, 1.82) is 0 Å². The van der Waals surface area contributed by atoms with Gasteiger partial charge in [-0.05, 0) is 23.9 Å². The van der Waals surface area contributed by atoms with Crippen LogP contribution in [0.2, 0.25) is 0 Å². The van der Waals surface area contributed by atoms with Crippen molar-refractivity contribution in [1.82, 2.24) is 14.7 Å². The first-order chi connectivity index (χ1) is 15.4. The molecule has 0 aliphatic carbocycles. The highest BCUT2D eigenvalue weighted by Crippen LogP contribution is 2.43. The number of para-hydroxylation sites is 1. The number of ether oxygens (including phenoxy) is 1. The van der Waals surface area contributed by atoms with Crippen LogP contribution < -0.4 is 4.74 Å². The van der Waals surface area contributed by atoms with Gasteiger partial charge in [-0.25, -0.2) is 0 Å². The first-order valence-electron chi connectivity index (χ1n) is 10.9. The number of hydrogen-bond acceptors (Lipinski definition) is 6. The Morgan fingerprint density at radius 1 is 1.09 bits per heavy atom. The number of likely N-dealkylation sites (tertiary alicyclic amines) is 1. The van der Waals surface area contributed by atoms with Gasteiger partial charge in [0.1, 0.15) is 5.75 Å². The molecule has 0 bridgehead atoms. The maximum absolute atomic E-state index is 13.5. The van der Waals surface area contributed by atoms with Crippen LogP contribution in [-0.4, -0.2) is 72.8 Å². The van der Waals surface area contributed by atoms with E-state index in [-0.39, 0.29) is 30.6 Å². The van der Waals surface area contributed by atoms with E-state index in [0.717, 1.165) is 31.0 Å². The van der Waals surface area contributed by atoms with Crippen LogP contribution in [0.4, 0.5) is 0 Å². The number of carbonyl (C=O) groups is 3. The predicted octanol–water partition coefficient (Wildman–Crippen LogP) is 2.51. The number of rotatable bonds is 6. The van der Waals surface area contributed by atoms with Crippen molar-refractivity contribution in [2.24, 2.45) is 0 Å². The van der Waals surface area contributed by atoms with E-state index in [0.29, 0.717) is 24.4 Å². The smallest absolute Gasteiger partial charge is 0.240 e. The van der Waals surface area contributed by atoms with Gasteiger partial charge in [0.2, 0.25) is 17.7 Å². The van der Waals surface area contributed by atoms with Gasteiger partial charge in [0.05, 0.1) is 12.5 Å². The van der Waals surface area contributed by atoms with Gasteiger partial charge in [0.15, 0.2) is 0 Å². The molecule has 0 spiro atoms. The number of imide groups is 1. The fourth-order valence-electron chi connectivity index (χ4n) is 4.74. The summed E-state index contributed by atoms with van der Waals surface area (Å²) >= 11 is 1.74.